The standard InChI is InChI=1S/C12H14BrClN2O6S/c1-23(19,20)22-8-4-10(21-9(8)5-14)16-6-7(2-3-13)11(17)15-12(16)18/h2-3,6,8-10H,4-5H2,1H3,(H,15,17,18)/b3-2+/t8?,9-,10-/m0/s1. The average Bonchev–Trinajstić information content (AvgIpc) is 2.82. The molecule has 1 fully saturated rings. The van der Waals surface area contributed by atoms with Crippen molar-refractivity contribution in [1.29, 1.82) is 0 Å². The fourth-order valence-electron chi connectivity index (χ4n) is 2.24. The van der Waals surface area contributed by atoms with E-state index >= 15 is 0 Å². The molecule has 0 aliphatic carbocycles. The molecule has 1 aromatic heterocycles. The van der Waals surface area contributed by atoms with Crippen LogP contribution in [0.25, 0.3) is 6.08 Å². The zero-order valence-electron chi connectivity index (χ0n) is 11.9. The lowest BCUT2D eigenvalue weighted by Crippen LogP contribution is -2.33. The number of halogens is 2. The van der Waals surface area contributed by atoms with Crippen molar-refractivity contribution < 1.29 is 17.3 Å². The van der Waals surface area contributed by atoms with E-state index in [1.165, 1.54) is 21.8 Å². The summed E-state index contributed by atoms with van der Waals surface area (Å²) in [6.45, 7) is 0. The Morgan fingerprint density at radius 1 is 1.57 bits per heavy atom. The molecule has 2 heterocycles. The van der Waals surface area contributed by atoms with Gasteiger partial charge >= 0.3 is 5.69 Å². The second kappa shape index (κ2) is 7.31. The molecule has 0 saturated carbocycles. The van der Waals surface area contributed by atoms with Crippen molar-refractivity contribution in [2.75, 3.05) is 12.1 Å². The predicted octanol–water partition coefficient (Wildman–Crippen LogP) is 0.773. The molecule has 0 radical (unpaired) electrons. The Morgan fingerprint density at radius 3 is 2.83 bits per heavy atom. The molecule has 0 amide bonds. The summed E-state index contributed by atoms with van der Waals surface area (Å²) < 4.78 is 34.3. The molecule has 1 aliphatic rings. The molecule has 0 spiro atoms. The second-order valence-electron chi connectivity index (χ2n) is 4.90. The largest absolute Gasteiger partial charge is 0.351 e. The first-order valence-corrected chi connectivity index (χ1v) is 9.73. The smallest absolute Gasteiger partial charge is 0.330 e. The van der Waals surface area contributed by atoms with Gasteiger partial charge in [0.15, 0.2) is 0 Å². The summed E-state index contributed by atoms with van der Waals surface area (Å²) in [5.74, 6) is 0.00293. The summed E-state index contributed by atoms with van der Waals surface area (Å²) in [6.07, 6.45) is 1.54. The maximum atomic E-state index is 12.0. The number of aromatic amines is 1. The van der Waals surface area contributed by atoms with Gasteiger partial charge in [0, 0.05) is 12.6 Å². The highest BCUT2D eigenvalue weighted by molar-refractivity contribution is 9.11. The Bertz CT molecular complexity index is 818. The summed E-state index contributed by atoms with van der Waals surface area (Å²) in [7, 11) is -3.69. The van der Waals surface area contributed by atoms with Crippen LogP contribution in [0.3, 0.4) is 0 Å². The highest BCUT2D eigenvalue weighted by Crippen LogP contribution is 2.31. The van der Waals surface area contributed by atoms with Crippen LogP contribution in [0.1, 0.15) is 18.2 Å². The van der Waals surface area contributed by atoms with Gasteiger partial charge in [0.1, 0.15) is 18.4 Å². The fraction of sp³-hybridized carbons (Fsp3) is 0.500. The van der Waals surface area contributed by atoms with Crippen LogP contribution in [0.2, 0.25) is 0 Å². The Balaban J connectivity index is 2.34. The summed E-state index contributed by atoms with van der Waals surface area (Å²) in [5.41, 5.74) is -0.974. The van der Waals surface area contributed by atoms with E-state index in [0.29, 0.717) is 0 Å². The third kappa shape index (κ3) is 4.54. The van der Waals surface area contributed by atoms with Crippen LogP contribution in [-0.4, -0.2) is 42.3 Å². The Morgan fingerprint density at radius 2 is 2.26 bits per heavy atom. The van der Waals surface area contributed by atoms with Gasteiger partial charge in [-0.1, -0.05) is 15.9 Å². The summed E-state index contributed by atoms with van der Waals surface area (Å²) in [4.78, 5) is 27.3. The van der Waals surface area contributed by atoms with E-state index in [1.807, 2.05) is 0 Å². The lowest BCUT2D eigenvalue weighted by molar-refractivity contribution is -0.00405. The Labute approximate surface area is 145 Å². The zero-order chi connectivity index (χ0) is 17.2. The number of ether oxygens (including phenoxy) is 1. The quantitative estimate of drug-likeness (QED) is 0.547. The fourth-order valence-corrected chi connectivity index (χ4v) is 3.45. The van der Waals surface area contributed by atoms with Crippen LogP contribution < -0.4 is 11.2 Å². The van der Waals surface area contributed by atoms with Crippen molar-refractivity contribution in [2.45, 2.75) is 24.9 Å². The molecule has 1 saturated heterocycles. The lowest BCUT2D eigenvalue weighted by Gasteiger charge is -2.15. The normalized spacial score (nSPS) is 25.3. The van der Waals surface area contributed by atoms with Crippen LogP contribution in [0, 0.1) is 0 Å². The number of rotatable bonds is 5. The third-order valence-corrected chi connectivity index (χ3v) is 4.34. The average molecular weight is 430 g/mol. The minimum atomic E-state index is -3.69. The number of alkyl halides is 1. The van der Waals surface area contributed by atoms with E-state index in [-0.39, 0.29) is 17.9 Å². The molecule has 128 valence electrons. The summed E-state index contributed by atoms with van der Waals surface area (Å²) in [6, 6.07) is 0. The van der Waals surface area contributed by atoms with Crippen molar-refractivity contribution >= 4 is 43.7 Å². The van der Waals surface area contributed by atoms with Gasteiger partial charge in [-0.05, 0) is 11.1 Å². The summed E-state index contributed by atoms with van der Waals surface area (Å²) in [5, 5.41) is 0. The number of hydrogen-bond donors (Lipinski definition) is 1. The zero-order valence-corrected chi connectivity index (χ0v) is 15.1. The molecular formula is C12H14BrClN2O6S. The first kappa shape index (κ1) is 18.4. The topological polar surface area (TPSA) is 107 Å². The first-order chi connectivity index (χ1) is 10.7. The highest BCUT2D eigenvalue weighted by atomic mass is 79.9. The van der Waals surface area contributed by atoms with Gasteiger partial charge in [-0.3, -0.25) is 18.5 Å². The van der Waals surface area contributed by atoms with Gasteiger partial charge in [-0.2, -0.15) is 8.42 Å². The minimum absolute atomic E-state index is 0.00293. The maximum absolute atomic E-state index is 12.0. The molecule has 2 rings (SSSR count). The Hall–Kier alpha value is -0.940. The van der Waals surface area contributed by atoms with E-state index in [9.17, 15) is 18.0 Å². The highest BCUT2D eigenvalue weighted by Gasteiger charge is 2.39. The Kier molecular flexibility index (Phi) is 5.84. The molecule has 3 atom stereocenters. The van der Waals surface area contributed by atoms with Crippen LogP contribution in [0.5, 0.6) is 0 Å². The van der Waals surface area contributed by atoms with Crippen LogP contribution in [-0.2, 0) is 19.0 Å². The van der Waals surface area contributed by atoms with Crippen LogP contribution in [0.15, 0.2) is 20.8 Å². The van der Waals surface area contributed by atoms with Crippen molar-refractivity contribution in [3.63, 3.8) is 0 Å². The molecule has 1 unspecified atom stereocenters. The minimum Gasteiger partial charge on any atom is -0.351 e. The van der Waals surface area contributed by atoms with Crippen LogP contribution >= 0.6 is 27.5 Å². The van der Waals surface area contributed by atoms with E-state index in [4.69, 9.17) is 20.5 Å². The summed E-state index contributed by atoms with van der Waals surface area (Å²) >= 11 is 8.82. The number of nitrogens with one attached hydrogen (secondary N) is 1. The second-order valence-corrected chi connectivity index (χ2v) is 7.34. The molecule has 1 aliphatic heterocycles. The monoisotopic (exact) mass is 428 g/mol. The van der Waals surface area contributed by atoms with E-state index < -0.39 is 39.8 Å². The molecule has 11 heteroatoms. The number of H-pyrrole nitrogens is 1. The molecular weight excluding hydrogens is 416 g/mol. The molecule has 1 N–H and O–H groups in total. The predicted molar refractivity (Wildman–Crippen MR) is 88.2 cm³/mol. The van der Waals surface area contributed by atoms with Gasteiger partial charge in [0.2, 0.25) is 0 Å². The first-order valence-electron chi connectivity index (χ1n) is 6.47. The van der Waals surface area contributed by atoms with E-state index in [2.05, 4.69) is 20.9 Å². The van der Waals surface area contributed by atoms with Gasteiger partial charge in [0.25, 0.3) is 15.7 Å². The molecule has 0 aromatic carbocycles. The molecule has 0 bridgehead atoms. The van der Waals surface area contributed by atoms with Gasteiger partial charge in [-0.25, -0.2) is 4.79 Å². The van der Waals surface area contributed by atoms with E-state index in [1.54, 1.807) is 0 Å². The van der Waals surface area contributed by atoms with Crippen molar-refractivity contribution in [2.24, 2.45) is 0 Å². The van der Waals surface area contributed by atoms with Crippen LogP contribution in [0.4, 0.5) is 0 Å². The van der Waals surface area contributed by atoms with Gasteiger partial charge in [-0.15, -0.1) is 11.6 Å². The SMILES string of the molecule is CS(=O)(=O)OC1C[C@@H](n2cc(/C=C/Br)c(=O)[nH]c2=O)O[C@H]1CCl. The molecule has 8 nitrogen and oxygen atoms in total. The van der Waals surface area contributed by atoms with Crippen molar-refractivity contribution in [1.82, 2.24) is 9.55 Å². The molecule has 23 heavy (non-hydrogen) atoms. The van der Waals surface area contributed by atoms with Gasteiger partial charge < -0.3 is 4.74 Å². The number of aromatic nitrogens is 2. The van der Waals surface area contributed by atoms with E-state index in [0.717, 1.165) is 6.26 Å². The lowest BCUT2D eigenvalue weighted by atomic mass is 10.2. The molecule has 1 aromatic rings. The maximum Gasteiger partial charge on any atom is 0.330 e. The number of hydrogen-bond acceptors (Lipinski definition) is 6. The van der Waals surface area contributed by atoms with Gasteiger partial charge in [0.05, 0.1) is 17.7 Å². The van der Waals surface area contributed by atoms with Crippen molar-refractivity contribution in [3.8, 4) is 0 Å². The van der Waals surface area contributed by atoms with Crippen molar-refractivity contribution in [3.05, 3.63) is 37.6 Å². The third-order valence-electron chi connectivity index (χ3n) is 3.18. The number of nitrogens with zero attached hydrogens (tertiary/aromatic N) is 1.